The van der Waals surface area contributed by atoms with Crippen molar-refractivity contribution >= 4 is 22.0 Å². The molecule has 0 amide bonds. The second-order valence-electron chi connectivity index (χ2n) is 7.39. The molecule has 0 bridgehead atoms. The van der Waals surface area contributed by atoms with Crippen LogP contribution >= 0.6 is 0 Å². The number of sulfonamides is 1. The van der Waals surface area contributed by atoms with Gasteiger partial charge in [0.1, 0.15) is 19.3 Å². The molecule has 29 heavy (non-hydrogen) atoms. The highest BCUT2D eigenvalue weighted by Crippen LogP contribution is 2.34. The van der Waals surface area contributed by atoms with Crippen molar-refractivity contribution in [1.82, 2.24) is 4.31 Å². The second kappa shape index (κ2) is 7.83. The number of hydrogen-bond donors (Lipinski definition) is 0. The average molecular weight is 425 g/mol. The minimum Gasteiger partial charge on any atom is -0.486 e. The van der Waals surface area contributed by atoms with E-state index in [1.54, 1.807) is 13.0 Å². The van der Waals surface area contributed by atoms with E-state index in [-0.39, 0.29) is 24.1 Å². The van der Waals surface area contributed by atoms with Crippen LogP contribution in [0.4, 0.5) is 0 Å². The zero-order valence-electron chi connectivity index (χ0n) is 16.0. The van der Waals surface area contributed by atoms with Crippen molar-refractivity contribution in [3.63, 3.8) is 0 Å². The normalized spacial score (nSPS) is 25.5. The highest BCUT2D eigenvalue weighted by Gasteiger charge is 2.38. The second-order valence-corrected chi connectivity index (χ2v) is 9.33. The maximum Gasteiger partial charge on any atom is 0.347 e. The van der Waals surface area contributed by atoms with Crippen LogP contribution in [0.15, 0.2) is 23.1 Å². The minimum atomic E-state index is -3.71. The molecule has 0 spiro atoms. The highest BCUT2D eigenvalue weighted by molar-refractivity contribution is 7.89. The van der Waals surface area contributed by atoms with Crippen LogP contribution in [0.2, 0.25) is 0 Å². The van der Waals surface area contributed by atoms with E-state index in [1.165, 1.54) is 16.4 Å². The van der Waals surface area contributed by atoms with E-state index < -0.39 is 34.0 Å². The first kappa shape index (κ1) is 20.0. The first-order chi connectivity index (χ1) is 13.8. The molecule has 0 N–H and O–H groups in total. The fraction of sp³-hybridized carbons (Fsp3) is 0.579. The Balaban J connectivity index is 1.37. The van der Waals surface area contributed by atoms with Crippen molar-refractivity contribution in [2.75, 3.05) is 26.3 Å². The van der Waals surface area contributed by atoms with Gasteiger partial charge in [0.05, 0.1) is 10.8 Å². The molecule has 10 heteroatoms. The summed E-state index contributed by atoms with van der Waals surface area (Å²) in [7, 11) is -3.71. The molecule has 3 aliphatic rings. The Morgan fingerprint density at radius 3 is 2.48 bits per heavy atom. The molecule has 0 aromatic heterocycles. The molecule has 0 radical (unpaired) electrons. The van der Waals surface area contributed by atoms with Crippen LogP contribution in [-0.4, -0.2) is 63.2 Å². The Morgan fingerprint density at radius 1 is 1.14 bits per heavy atom. The van der Waals surface area contributed by atoms with E-state index in [4.69, 9.17) is 18.9 Å². The van der Waals surface area contributed by atoms with Crippen LogP contribution in [0.5, 0.6) is 11.5 Å². The van der Waals surface area contributed by atoms with Gasteiger partial charge in [-0.25, -0.2) is 13.2 Å². The Kier molecular flexibility index (Phi) is 5.39. The number of benzene rings is 1. The largest absolute Gasteiger partial charge is 0.486 e. The van der Waals surface area contributed by atoms with Gasteiger partial charge >= 0.3 is 11.9 Å². The zero-order valence-corrected chi connectivity index (χ0v) is 16.9. The molecule has 4 rings (SSSR count). The van der Waals surface area contributed by atoms with E-state index in [2.05, 4.69) is 0 Å². The van der Waals surface area contributed by atoms with Gasteiger partial charge in [0.15, 0.2) is 11.5 Å². The average Bonchev–Trinajstić information content (AvgIpc) is 3.04. The van der Waals surface area contributed by atoms with Crippen LogP contribution < -0.4 is 9.47 Å². The van der Waals surface area contributed by atoms with E-state index in [0.29, 0.717) is 44.0 Å². The topological polar surface area (TPSA) is 108 Å². The molecule has 1 aromatic carbocycles. The Bertz CT molecular complexity index is 907. The van der Waals surface area contributed by atoms with Gasteiger partial charge in [0.2, 0.25) is 16.1 Å². The van der Waals surface area contributed by atoms with Gasteiger partial charge in [-0.2, -0.15) is 4.31 Å². The smallest absolute Gasteiger partial charge is 0.347 e. The molecule has 9 nitrogen and oxygen atoms in total. The van der Waals surface area contributed by atoms with Crippen molar-refractivity contribution in [3.8, 4) is 11.5 Å². The summed E-state index contributed by atoms with van der Waals surface area (Å²) >= 11 is 0. The minimum absolute atomic E-state index is 0.130. The van der Waals surface area contributed by atoms with Crippen molar-refractivity contribution in [3.05, 3.63) is 18.2 Å². The number of fused-ring (bicyclic) bond motifs is 1. The first-order valence-corrected chi connectivity index (χ1v) is 11.1. The molecule has 3 aliphatic heterocycles. The third-order valence-electron chi connectivity index (χ3n) is 5.32. The van der Waals surface area contributed by atoms with Crippen LogP contribution in [0.3, 0.4) is 0 Å². The Labute approximate surface area is 168 Å². The van der Waals surface area contributed by atoms with Gasteiger partial charge in [-0.05, 0) is 31.9 Å². The fourth-order valence-corrected chi connectivity index (χ4v) is 5.20. The lowest BCUT2D eigenvalue weighted by molar-refractivity contribution is -0.164. The highest BCUT2D eigenvalue weighted by atomic mass is 32.2. The number of esters is 2. The van der Waals surface area contributed by atoms with Crippen molar-refractivity contribution in [2.45, 2.75) is 43.3 Å². The summed E-state index contributed by atoms with van der Waals surface area (Å²) in [5.74, 6) is -0.503. The molecule has 2 saturated heterocycles. The lowest BCUT2D eigenvalue weighted by Crippen LogP contribution is -2.41. The Morgan fingerprint density at radius 2 is 1.83 bits per heavy atom. The molecular formula is C19H23NO8S. The van der Waals surface area contributed by atoms with E-state index in [1.807, 2.05) is 0 Å². The summed E-state index contributed by atoms with van der Waals surface area (Å²) in [4.78, 5) is 24.1. The third kappa shape index (κ3) is 4.04. The number of cyclic esters (lactones) is 1. The van der Waals surface area contributed by atoms with E-state index >= 15 is 0 Å². The van der Waals surface area contributed by atoms with Gasteiger partial charge < -0.3 is 18.9 Å². The molecule has 2 fully saturated rings. The number of nitrogens with zero attached hydrogens (tertiary/aromatic N) is 1. The predicted molar refractivity (Wildman–Crippen MR) is 99.0 cm³/mol. The number of rotatable bonds is 4. The van der Waals surface area contributed by atoms with Gasteiger partial charge in [-0.15, -0.1) is 0 Å². The molecule has 0 aliphatic carbocycles. The summed E-state index contributed by atoms with van der Waals surface area (Å²) in [6, 6.07) is 4.56. The summed E-state index contributed by atoms with van der Waals surface area (Å²) in [6.07, 6.45) is -0.114. The number of hydrogen-bond acceptors (Lipinski definition) is 8. The van der Waals surface area contributed by atoms with Gasteiger partial charge in [0.25, 0.3) is 0 Å². The van der Waals surface area contributed by atoms with Gasteiger partial charge in [-0.1, -0.05) is 0 Å². The number of carbonyl (C=O) groups excluding carboxylic acids is 2. The molecule has 3 heterocycles. The maximum atomic E-state index is 13.0. The summed E-state index contributed by atoms with van der Waals surface area (Å²) in [5, 5.41) is 0. The third-order valence-corrected chi connectivity index (χ3v) is 7.22. The number of carbonyl (C=O) groups is 2. The lowest BCUT2D eigenvalue weighted by Gasteiger charge is -2.30. The predicted octanol–water partition coefficient (Wildman–Crippen LogP) is 1.11. The summed E-state index contributed by atoms with van der Waals surface area (Å²) in [5.41, 5.74) is 0. The molecule has 2 atom stereocenters. The van der Waals surface area contributed by atoms with Crippen LogP contribution in [0, 0.1) is 5.92 Å². The van der Waals surface area contributed by atoms with Gasteiger partial charge in [-0.3, -0.25) is 4.79 Å². The SMILES string of the molecule is C[C@@H]1C[C@H](OC(=O)C2CCN(S(=O)(=O)c3ccc4c(c3)OCCO4)CC2)C(=O)O1. The van der Waals surface area contributed by atoms with Crippen molar-refractivity contribution in [1.29, 1.82) is 0 Å². The molecular weight excluding hydrogens is 402 g/mol. The summed E-state index contributed by atoms with van der Waals surface area (Å²) in [6.45, 7) is 2.94. The number of ether oxygens (including phenoxy) is 4. The van der Waals surface area contributed by atoms with Crippen LogP contribution in [-0.2, 0) is 29.1 Å². The summed E-state index contributed by atoms with van der Waals surface area (Å²) < 4.78 is 48.4. The van der Waals surface area contributed by atoms with Crippen molar-refractivity contribution in [2.24, 2.45) is 5.92 Å². The Hall–Kier alpha value is -2.33. The van der Waals surface area contributed by atoms with Crippen LogP contribution in [0.25, 0.3) is 0 Å². The van der Waals surface area contributed by atoms with E-state index in [9.17, 15) is 18.0 Å². The monoisotopic (exact) mass is 425 g/mol. The quantitative estimate of drug-likeness (QED) is 0.660. The maximum absolute atomic E-state index is 13.0. The molecule has 1 aromatic rings. The lowest BCUT2D eigenvalue weighted by atomic mass is 9.98. The number of piperidine rings is 1. The van der Waals surface area contributed by atoms with Crippen LogP contribution in [0.1, 0.15) is 26.2 Å². The molecule has 158 valence electrons. The zero-order chi connectivity index (χ0) is 20.6. The van der Waals surface area contributed by atoms with E-state index in [0.717, 1.165) is 0 Å². The standard InChI is InChI=1S/C19H23NO8S/c1-12-10-17(19(22)27-12)28-18(21)13-4-6-20(7-5-13)29(23,24)14-2-3-15-16(11-14)26-9-8-25-15/h2-3,11-13,17H,4-10H2,1H3/t12-,17+/m1/s1. The van der Waals surface area contributed by atoms with Crippen molar-refractivity contribution < 1.29 is 37.0 Å². The first-order valence-electron chi connectivity index (χ1n) is 9.65. The fourth-order valence-electron chi connectivity index (χ4n) is 3.72. The van der Waals surface area contributed by atoms with Gasteiger partial charge in [0, 0.05) is 25.6 Å². The molecule has 0 unspecified atom stereocenters. The molecule has 0 saturated carbocycles.